The Bertz CT molecular complexity index is 668. The maximum absolute atomic E-state index is 4.09. The van der Waals surface area contributed by atoms with E-state index in [0.29, 0.717) is 0 Å². The minimum atomic E-state index is -1.61. The Morgan fingerprint density at radius 3 is 1.83 bits per heavy atom. The van der Waals surface area contributed by atoms with E-state index in [4.69, 9.17) is 0 Å². The van der Waals surface area contributed by atoms with Gasteiger partial charge in [0.05, 0.1) is 8.07 Å². The van der Waals surface area contributed by atoms with Crippen molar-refractivity contribution in [2.45, 2.75) is 107 Å². The molecule has 4 aliphatic carbocycles. The quantitative estimate of drug-likeness (QED) is 0.236. The lowest BCUT2D eigenvalue weighted by Crippen LogP contribution is -2.58. The van der Waals surface area contributed by atoms with Crippen molar-refractivity contribution in [3.63, 3.8) is 0 Å². The van der Waals surface area contributed by atoms with Crippen LogP contribution in [-0.4, -0.2) is 8.07 Å². The fraction of sp³-hybridized carbons (Fsp3) is 0.724. The highest BCUT2D eigenvalue weighted by Gasteiger charge is 2.61. The highest BCUT2D eigenvalue weighted by atomic mass is 28.3. The number of benzene rings is 1. The van der Waals surface area contributed by atoms with Gasteiger partial charge in [0.15, 0.2) is 0 Å². The molecule has 5 unspecified atom stereocenters. The molecule has 0 saturated heterocycles. The summed E-state index contributed by atoms with van der Waals surface area (Å²) in [6.45, 7) is 4.09. The van der Waals surface area contributed by atoms with E-state index in [9.17, 15) is 0 Å². The summed E-state index contributed by atoms with van der Waals surface area (Å²) in [5.41, 5.74) is 2.14. The molecule has 0 spiro atoms. The fourth-order valence-electron chi connectivity index (χ4n) is 9.36. The van der Waals surface area contributed by atoms with Crippen LogP contribution in [0.3, 0.4) is 0 Å². The number of hydrogen-bond acceptors (Lipinski definition) is 0. The minimum Gasteiger partial charge on any atom is -0.103 e. The molecule has 5 rings (SSSR count). The Morgan fingerprint density at radius 1 is 0.733 bits per heavy atom. The first kappa shape index (κ1) is 21.0. The van der Waals surface area contributed by atoms with Gasteiger partial charge in [-0.2, -0.15) is 0 Å². The molecule has 4 saturated carbocycles. The molecule has 4 fully saturated rings. The van der Waals surface area contributed by atoms with E-state index < -0.39 is 8.07 Å². The summed E-state index contributed by atoms with van der Waals surface area (Å²) in [4.78, 5) is 0. The van der Waals surface area contributed by atoms with Gasteiger partial charge < -0.3 is 0 Å². The summed E-state index contributed by atoms with van der Waals surface area (Å²) in [5, 5.41) is 1.86. The lowest BCUT2D eigenvalue weighted by molar-refractivity contribution is 0.184. The third-order valence-electron chi connectivity index (χ3n) is 10.2. The van der Waals surface area contributed by atoms with E-state index in [0.717, 1.165) is 34.8 Å². The molecule has 0 N–H and O–H groups in total. The van der Waals surface area contributed by atoms with Crippen LogP contribution in [0, 0.1) is 23.7 Å². The molecule has 1 aromatic rings. The average molecular weight is 421 g/mol. The van der Waals surface area contributed by atoms with Gasteiger partial charge in [-0.15, -0.1) is 6.58 Å². The molecule has 0 radical (unpaired) electrons. The SMILES string of the molecule is C=CCCC[Si](c1ccccc1)(C1CCCC1)C1C2CCCCC2C2CCCCC21. The predicted molar refractivity (Wildman–Crippen MR) is 133 cm³/mol. The Labute approximate surface area is 186 Å². The first-order valence-corrected chi connectivity index (χ1v) is 15.9. The summed E-state index contributed by atoms with van der Waals surface area (Å²) in [6, 6.07) is 13.8. The Kier molecular flexibility index (Phi) is 6.56. The molecule has 4 aliphatic rings. The maximum Gasteiger partial charge on any atom is 0.0933 e. The van der Waals surface area contributed by atoms with Gasteiger partial charge >= 0.3 is 0 Å². The summed E-state index contributed by atoms with van der Waals surface area (Å²) < 4.78 is 0. The lowest BCUT2D eigenvalue weighted by atomic mass is 9.73. The molecular weight excluding hydrogens is 376 g/mol. The molecular formula is C29H44Si. The Morgan fingerprint density at radius 2 is 1.27 bits per heavy atom. The zero-order valence-corrected chi connectivity index (χ0v) is 20.2. The molecule has 0 aromatic heterocycles. The third kappa shape index (κ3) is 3.57. The van der Waals surface area contributed by atoms with Crippen LogP contribution < -0.4 is 5.19 Å². The van der Waals surface area contributed by atoms with Gasteiger partial charge in [-0.1, -0.05) is 118 Å². The molecule has 0 aliphatic heterocycles. The van der Waals surface area contributed by atoms with E-state index in [1.807, 2.05) is 5.19 Å². The number of hydrogen-bond donors (Lipinski definition) is 0. The molecule has 1 aromatic carbocycles. The van der Waals surface area contributed by atoms with Crippen LogP contribution >= 0.6 is 0 Å². The van der Waals surface area contributed by atoms with Gasteiger partial charge in [-0.3, -0.25) is 0 Å². The van der Waals surface area contributed by atoms with Crippen molar-refractivity contribution in [3.8, 4) is 0 Å². The monoisotopic (exact) mass is 420 g/mol. The van der Waals surface area contributed by atoms with Crippen LogP contribution in [0.5, 0.6) is 0 Å². The van der Waals surface area contributed by atoms with Crippen LogP contribution in [0.15, 0.2) is 43.0 Å². The van der Waals surface area contributed by atoms with Crippen molar-refractivity contribution in [1.82, 2.24) is 0 Å². The molecule has 0 amide bonds. The second-order valence-corrected chi connectivity index (χ2v) is 16.0. The van der Waals surface area contributed by atoms with Crippen molar-refractivity contribution in [2.75, 3.05) is 0 Å². The van der Waals surface area contributed by atoms with Crippen LogP contribution in [0.1, 0.15) is 89.9 Å². The molecule has 1 heteroatoms. The zero-order chi connectivity index (χ0) is 20.4. The Balaban J connectivity index is 1.63. The number of unbranched alkanes of at least 4 members (excludes halogenated alkanes) is 1. The van der Waals surface area contributed by atoms with Crippen LogP contribution in [0.2, 0.25) is 17.1 Å². The van der Waals surface area contributed by atoms with Crippen molar-refractivity contribution < 1.29 is 0 Å². The van der Waals surface area contributed by atoms with Gasteiger partial charge in [0.25, 0.3) is 0 Å². The van der Waals surface area contributed by atoms with Gasteiger partial charge in [0.1, 0.15) is 0 Å². The zero-order valence-electron chi connectivity index (χ0n) is 19.2. The topological polar surface area (TPSA) is 0 Å². The van der Waals surface area contributed by atoms with Crippen molar-refractivity contribution >= 4 is 13.3 Å². The number of fused-ring (bicyclic) bond motifs is 3. The van der Waals surface area contributed by atoms with Crippen molar-refractivity contribution in [3.05, 3.63) is 43.0 Å². The molecule has 164 valence electrons. The number of rotatable bonds is 7. The van der Waals surface area contributed by atoms with E-state index in [-0.39, 0.29) is 0 Å². The average Bonchev–Trinajstić information content (AvgIpc) is 3.45. The third-order valence-corrected chi connectivity index (χ3v) is 16.9. The molecule has 0 heterocycles. The maximum atomic E-state index is 4.09. The van der Waals surface area contributed by atoms with Gasteiger partial charge in [-0.25, -0.2) is 0 Å². The van der Waals surface area contributed by atoms with Crippen LogP contribution in [0.4, 0.5) is 0 Å². The van der Waals surface area contributed by atoms with Crippen LogP contribution in [0.25, 0.3) is 0 Å². The first-order chi connectivity index (χ1) is 14.9. The largest absolute Gasteiger partial charge is 0.103 e. The predicted octanol–water partition coefficient (Wildman–Crippen LogP) is 8.25. The molecule has 5 atom stereocenters. The summed E-state index contributed by atoms with van der Waals surface area (Å²) in [5.74, 6) is 4.32. The second kappa shape index (κ2) is 9.35. The van der Waals surface area contributed by atoms with Crippen molar-refractivity contribution in [2.24, 2.45) is 23.7 Å². The minimum absolute atomic E-state index is 1.05. The van der Waals surface area contributed by atoms with Gasteiger partial charge in [0, 0.05) is 0 Å². The summed E-state index contributed by atoms with van der Waals surface area (Å²) >= 11 is 0. The standard InChI is InChI=1S/C29H44Si/c1-2-3-13-22-30(24-16-7-8-17-24,23-14-5-4-6-15-23)29-27-20-11-9-18-25(27)26-19-10-12-21-28(26)29/h2,4-6,14-15,24-29H,1,3,7-13,16-22H2. The van der Waals surface area contributed by atoms with E-state index in [1.165, 1.54) is 51.4 Å². The summed E-state index contributed by atoms with van der Waals surface area (Å²) in [6.07, 6.45) is 23.3. The highest BCUT2D eigenvalue weighted by Crippen LogP contribution is 2.66. The fourth-order valence-corrected chi connectivity index (χ4v) is 17.2. The Hall–Kier alpha value is -0.823. The molecule has 0 nitrogen and oxygen atoms in total. The molecule has 0 bridgehead atoms. The van der Waals surface area contributed by atoms with E-state index in [2.05, 4.69) is 43.0 Å². The van der Waals surface area contributed by atoms with Crippen LogP contribution in [-0.2, 0) is 0 Å². The van der Waals surface area contributed by atoms with E-state index >= 15 is 0 Å². The van der Waals surface area contributed by atoms with Gasteiger partial charge in [0.2, 0.25) is 0 Å². The van der Waals surface area contributed by atoms with Gasteiger partial charge in [-0.05, 0) is 54.0 Å². The van der Waals surface area contributed by atoms with E-state index in [1.54, 1.807) is 44.6 Å². The lowest BCUT2D eigenvalue weighted by Gasteiger charge is -2.49. The smallest absolute Gasteiger partial charge is 0.0933 e. The normalized spacial score (nSPS) is 36.1. The highest BCUT2D eigenvalue weighted by molar-refractivity contribution is 6.94. The number of allylic oxidation sites excluding steroid dienone is 1. The summed E-state index contributed by atoms with van der Waals surface area (Å²) in [7, 11) is -1.61. The second-order valence-electron chi connectivity index (χ2n) is 11.3. The first-order valence-electron chi connectivity index (χ1n) is 13.5. The molecule has 30 heavy (non-hydrogen) atoms. The van der Waals surface area contributed by atoms with Crippen molar-refractivity contribution in [1.29, 1.82) is 0 Å².